The lowest BCUT2D eigenvalue weighted by molar-refractivity contribution is 0.806. The van der Waals surface area contributed by atoms with Crippen molar-refractivity contribution < 1.29 is 0 Å². The van der Waals surface area contributed by atoms with Crippen LogP contribution in [0.25, 0.3) is 5.69 Å². The van der Waals surface area contributed by atoms with Gasteiger partial charge in [-0.2, -0.15) is 0 Å². The van der Waals surface area contributed by atoms with Gasteiger partial charge in [0, 0.05) is 31.6 Å². The number of aryl methyl sites for hydroxylation is 1. The first-order valence-electron chi connectivity index (χ1n) is 5.52. The molecule has 2 heterocycles. The van der Waals surface area contributed by atoms with Crippen molar-refractivity contribution >= 4 is 0 Å². The fourth-order valence-electron chi connectivity index (χ4n) is 1.70. The molecule has 0 radical (unpaired) electrons. The lowest BCUT2D eigenvalue weighted by Crippen LogP contribution is -2.04. The number of imidazole rings is 1. The quantitative estimate of drug-likeness (QED) is 0.846. The summed E-state index contributed by atoms with van der Waals surface area (Å²) in [7, 11) is 0. The van der Waals surface area contributed by atoms with Crippen LogP contribution < -0.4 is 5.73 Å². The first-order valence-corrected chi connectivity index (χ1v) is 5.52. The number of aromatic nitrogens is 3. The van der Waals surface area contributed by atoms with E-state index in [1.165, 1.54) is 0 Å². The number of nitrogens with zero attached hydrogens (tertiary/aromatic N) is 3. The molecular formula is C12H16N4. The van der Waals surface area contributed by atoms with Crippen molar-refractivity contribution in [3.05, 3.63) is 42.2 Å². The molecule has 2 aromatic heterocycles. The third-order valence-corrected chi connectivity index (χ3v) is 2.48. The van der Waals surface area contributed by atoms with E-state index in [4.69, 9.17) is 5.73 Å². The number of hydrogen-bond donors (Lipinski definition) is 1. The topological polar surface area (TPSA) is 56.7 Å². The Morgan fingerprint density at radius 2 is 2.19 bits per heavy atom. The van der Waals surface area contributed by atoms with Gasteiger partial charge in [-0.15, -0.1) is 0 Å². The summed E-state index contributed by atoms with van der Waals surface area (Å²) in [6.07, 6.45) is 7.65. The molecule has 4 heteroatoms. The Labute approximate surface area is 95.1 Å². The highest BCUT2D eigenvalue weighted by atomic mass is 15.1. The highest BCUT2D eigenvalue weighted by Gasteiger charge is 2.04. The molecule has 2 rings (SSSR count). The zero-order chi connectivity index (χ0) is 11.4. The Morgan fingerprint density at radius 1 is 1.31 bits per heavy atom. The lowest BCUT2D eigenvalue weighted by atomic mass is 10.3. The highest BCUT2D eigenvalue weighted by Crippen LogP contribution is 2.12. The molecule has 0 aliphatic rings. The number of nitrogens with two attached hydrogens (primary N) is 1. The molecule has 0 unspecified atom stereocenters. The first-order chi connectivity index (χ1) is 7.85. The van der Waals surface area contributed by atoms with Gasteiger partial charge in [-0.05, 0) is 18.6 Å². The predicted octanol–water partition coefficient (Wildman–Crippen LogP) is 1.68. The molecule has 2 N–H and O–H groups in total. The molecule has 0 spiro atoms. The third-order valence-electron chi connectivity index (χ3n) is 2.48. The van der Waals surface area contributed by atoms with Crippen molar-refractivity contribution in [1.29, 1.82) is 0 Å². The van der Waals surface area contributed by atoms with Crippen LogP contribution in [0.4, 0.5) is 0 Å². The van der Waals surface area contributed by atoms with E-state index in [2.05, 4.69) is 21.5 Å². The Hall–Kier alpha value is -1.68. The van der Waals surface area contributed by atoms with Crippen LogP contribution in [0.5, 0.6) is 0 Å². The van der Waals surface area contributed by atoms with Gasteiger partial charge in [0.1, 0.15) is 5.82 Å². The van der Waals surface area contributed by atoms with Gasteiger partial charge in [0.15, 0.2) is 0 Å². The van der Waals surface area contributed by atoms with E-state index >= 15 is 0 Å². The van der Waals surface area contributed by atoms with Gasteiger partial charge >= 0.3 is 0 Å². The van der Waals surface area contributed by atoms with Gasteiger partial charge in [-0.3, -0.25) is 4.98 Å². The average Bonchev–Trinajstić information content (AvgIpc) is 2.78. The Bertz CT molecular complexity index is 462. The van der Waals surface area contributed by atoms with Crippen LogP contribution >= 0.6 is 0 Å². The van der Waals surface area contributed by atoms with E-state index in [1.54, 1.807) is 6.20 Å². The van der Waals surface area contributed by atoms with Gasteiger partial charge in [0.2, 0.25) is 0 Å². The van der Waals surface area contributed by atoms with E-state index in [1.807, 2.05) is 24.5 Å². The maximum atomic E-state index is 5.58. The van der Waals surface area contributed by atoms with Crippen molar-refractivity contribution in [1.82, 2.24) is 14.5 Å². The number of hydrogen-bond acceptors (Lipinski definition) is 3. The van der Waals surface area contributed by atoms with Crippen LogP contribution in [-0.2, 0) is 13.0 Å². The summed E-state index contributed by atoms with van der Waals surface area (Å²) in [5.41, 5.74) is 7.56. The van der Waals surface area contributed by atoms with E-state index in [0.29, 0.717) is 6.54 Å². The van der Waals surface area contributed by atoms with Gasteiger partial charge in [-0.1, -0.05) is 6.92 Å². The molecule has 2 aromatic rings. The molecule has 0 aliphatic heterocycles. The molecule has 0 amide bonds. The van der Waals surface area contributed by atoms with E-state index in [9.17, 15) is 0 Å². The second kappa shape index (κ2) is 4.90. The van der Waals surface area contributed by atoms with Crippen LogP contribution in [0, 0.1) is 0 Å². The molecule has 0 aromatic carbocycles. The molecule has 0 atom stereocenters. The minimum Gasteiger partial charge on any atom is -0.325 e. The normalized spacial score (nSPS) is 10.6. The fourth-order valence-corrected chi connectivity index (χ4v) is 1.70. The number of rotatable bonds is 4. The van der Waals surface area contributed by atoms with E-state index in [-0.39, 0.29) is 0 Å². The second-order valence-electron chi connectivity index (χ2n) is 3.67. The largest absolute Gasteiger partial charge is 0.325 e. The highest BCUT2D eigenvalue weighted by molar-refractivity contribution is 5.33. The summed E-state index contributed by atoms with van der Waals surface area (Å²) >= 11 is 0. The molecule has 4 nitrogen and oxygen atoms in total. The Morgan fingerprint density at radius 3 is 2.94 bits per heavy atom. The van der Waals surface area contributed by atoms with Crippen molar-refractivity contribution in [2.45, 2.75) is 26.3 Å². The SMILES string of the molecule is CCCc1nccn1-c1ccnc(CN)c1. The molecule has 0 saturated heterocycles. The van der Waals surface area contributed by atoms with Crippen molar-refractivity contribution in [3.8, 4) is 5.69 Å². The summed E-state index contributed by atoms with van der Waals surface area (Å²) in [5, 5.41) is 0. The maximum Gasteiger partial charge on any atom is 0.113 e. The number of pyridine rings is 1. The minimum atomic E-state index is 0.464. The molecule has 0 saturated carbocycles. The van der Waals surface area contributed by atoms with Crippen LogP contribution in [0.1, 0.15) is 24.9 Å². The summed E-state index contributed by atoms with van der Waals surface area (Å²) in [6, 6.07) is 3.97. The molecular weight excluding hydrogens is 200 g/mol. The molecule has 0 aliphatic carbocycles. The average molecular weight is 216 g/mol. The maximum absolute atomic E-state index is 5.58. The van der Waals surface area contributed by atoms with Crippen molar-refractivity contribution in [2.24, 2.45) is 5.73 Å². The van der Waals surface area contributed by atoms with E-state index < -0.39 is 0 Å². The summed E-state index contributed by atoms with van der Waals surface area (Å²) in [6.45, 7) is 2.61. The van der Waals surface area contributed by atoms with Crippen molar-refractivity contribution in [2.75, 3.05) is 0 Å². The van der Waals surface area contributed by atoms with Gasteiger partial charge in [0.05, 0.1) is 11.4 Å². The van der Waals surface area contributed by atoms with Gasteiger partial charge in [0.25, 0.3) is 0 Å². The zero-order valence-electron chi connectivity index (χ0n) is 9.43. The van der Waals surface area contributed by atoms with Gasteiger partial charge in [-0.25, -0.2) is 4.98 Å². The molecule has 16 heavy (non-hydrogen) atoms. The van der Waals surface area contributed by atoms with Crippen LogP contribution in [-0.4, -0.2) is 14.5 Å². The summed E-state index contributed by atoms with van der Waals surface area (Å²) in [5.74, 6) is 1.08. The summed E-state index contributed by atoms with van der Waals surface area (Å²) < 4.78 is 2.09. The minimum absolute atomic E-state index is 0.464. The molecule has 0 bridgehead atoms. The predicted molar refractivity (Wildman–Crippen MR) is 63.2 cm³/mol. The standard InChI is InChI=1S/C12H16N4/c1-2-3-12-15-6-7-16(12)11-4-5-14-10(8-11)9-13/h4-8H,2-3,9,13H2,1H3. The Kier molecular flexibility index (Phi) is 3.31. The zero-order valence-corrected chi connectivity index (χ0v) is 9.43. The van der Waals surface area contributed by atoms with Crippen molar-refractivity contribution in [3.63, 3.8) is 0 Å². The first kappa shape index (κ1) is 10.8. The lowest BCUT2D eigenvalue weighted by Gasteiger charge is -2.07. The van der Waals surface area contributed by atoms with Crippen LogP contribution in [0.3, 0.4) is 0 Å². The van der Waals surface area contributed by atoms with Crippen LogP contribution in [0.2, 0.25) is 0 Å². The molecule has 0 fully saturated rings. The fraction of sp³-hybridized carbons (Fsp3) is 0.333. The Balaban J connectivity index is 2.37. The molecule has 84 valence electrons. The van der Waals surface area contributed by atoms with Gasteiger partial charge < -0.3 is 10.3 Å². The smallest absolute Gasteiger partial charge is 0.113 e. The van der Waals surface area contributed by atoms with E-state index in [0.717, 1.165) is 30.0 Å². The van der Waals surface area contributed by atoms with Crippen LogP contribution in [0.15, 0.2) is 30.7 Å². The third kappa shape index (κ3) is 2.12. The monoisotopic (exact) mass is 216 g/mol. The summed E-state index contributed by atoms with van der Waals surface area (Å²) in [4.78, 5) is 8.53. The second-order valence-corrected chi connectivity index (χ2v) is 3.67.